The number of carbonyl (C=O) groups excluding carboxylic acids is 1. The van der Waals surface area contributed by atoms with Crippen molar-refractivity contribution < 1.29 is 17.9 Å². The Morgan fingerprint density at radius 2 is 2.17 bits per heavy atom. The van der Waals surface area contributed by atoms with Gasteiger partial charge in [-0.05, 0) is 19.4 Å². The molecule has 0 unspecified atom stereocenters. The Morgan fingerprint density at radius 3 is 2.67 bits per heavy atom. The highest BCUT2D eigenvalue weighted by molar-refractivity contribution is 7.91. The molecule has 0 spiro atoms. The minimum Gasteiger partial charge on any atom is -0.461 e. The quantitative estimate of drug-likeness (QED) is 0.635. The zero-order valence-corrected chi connectivity index (χ0v) is 12.1. The number of ether oxygens (including phenoxy) is 1. The first-order chi connectivity index (χ1) is 8.35. The number of nitrogen functional groups attached to an aromatic ring is 1. The molecule has 0 saturated carbocycles. The summed E-state index contributed by atoms with van der Waals surface area (Å²) in [6.07, 6.45) is 0.321. The number of anilines is 1. The number of esters is 1. The highest BCUT2D eigenvalue weighted by Crippen LogP contribution is 2.23. The van der Waals surface area contributed by atoms with Gasteiger partial charge in [0.05, 0.1) is 12.4 Å². The van der Waals surface area contributed by atoms with E-state index < -0.39 is 15.8 Å². The summed E-state index contributed by atoms with van der Waals surface area (Å²) in [4.78, 5) is 12.9. The number of nitrogens with two attached hydrogens (primary N) is 1. The number of rotatable bonds is 6. The third-order valence-electron chi connectivity index (χ3n) is 2.43. The summed E-state index contributed by atoms with van der Waals surface area (Å²) in [7, 11) is -2.99. The average molecular weight is 291 g/mol. The highest BCUT2D eigenvalue weighted by Gasteiger charge is 2.13. The van der Waals surface area contributed by atoms with E-state index in [0.717, 1.165) is 4.88 Å². The number of sulfone groups is 1. The minimum atomic E-state index is -2.99. The first-order valence-electron chi connectivity index (χ1n) is 5.59. The zero-order chi connectivity index (χ0) is 13.8. The van der Waals surface area contributed by atoms with Gasteiger partial charge in [-0.2, -0.15) is 0 Å². The van der Waals surface area contributed by atoms with Gasteiger partial charge in [-0.1, -0.05) is 6.92 Å². The van der Waals surface area contributed by atoms with E-state index in [0.29, 0.717) is 17.0 Å². The molecule has 1 aromatic heterocycles. The smallest absolute Gasteiger partial charge is 0.348 e. The number of hydrogen-bond donors (Lipinski definition) is 1. The molecule has 7 heteroatoms. The van der Waals surface area contributed by atoms with Crippen molar-refractivity contribution in [2.45, 2.75) is 20.3 Å². The van der Waals surface area contributed by atoms with Crippen molar-refractivity contribution in [1.82, 2.24) is 0 Å². The molecule has 5 nitrogen and oxygen atoms in total. The molecule has 1 aromatic rings. The van der Waals surface area contributed by atoms with Crippen molar-refractivity contribution in [3.63, 3.8) is 0 Å². The Hall–Kier alpha value is -1.08. The molecule has 1 heterocycles. The van der Waals surface area contributed by atoms with Crippen LogP contribution in [0.1, 0.15) is 27.9 Å². The number of carbonyl (C=O) groups is 1. The first-order valence-corrected chi connectivity index (χ1v) is 8.23. The van der Waals surface area contributed by atoms with Crippen LogP contribution in [-0.4, -0.2) is 32.5 Å². The summed E-state index contributed by atoms with van der Waals surface area (Å²) in [6, 6.07) is 1.57. The van der Waals surface area contributed by atoms with Crippen molar-refractivity contribution >= 4 is 32.8 Å². The molecule has 18 heavy (non-hydrogen) atoms. The summed E-state index contributed by atoms with van der Waals surface area (Å²) in [6.45, 7) is 3.53. The normalized spacial score (nSPS) is 11.4. The van der Waals surface area contributed by atoms with Crippen LogP contribution in [-0.2, 0) is 14.6 Å². The summed E-state index contributed by atoms with van der Waals surface area (Å²) >= 11 is 1.27. The predicted octanol–water partition coefficient (Wildman–Crippen LogP) is 1.62. The van der Waals surface area contributed by atoms with Gasteiger partial charge in [-0.25, -0.2) is 13.2 Å². The Labute approximate surface area is 111 Å². The van der Waals surface area contributed by atoms with Gasteiger partial charge in [-0.3, -0.25) is 0 Å². The summed E-state index contributed by atoms with van der Waals surface area (Å²) in [5, 5.41) is 0. The fourth-order valence-electron chi connectivity index (χ4n) is 1.26. The largest absolute Gasteiger partial charge is 0.461 e. The zero-order valence-electron chi connectivity index (χ0n) is 10.4. The molecule has 0 aliphatic carbocycles. The van der Waals surface area contributed by atoms with Gasteiger partial charge in [0.25, 0.3) is 0 Å². The second-order valence-electron chi connectivity index (χ2n) is 3.85. The van der Waals surface area contributed by atoms with Crippen LogP contribution in [0, 0.1) is 6.92 Å². The Balaban J connectivity index is 2.39. The average Bonchev–Trinajstić information content (AvgIpc) is 2.65. The van der Waals surface area contributed by atoms with Crippen LogP contribution in [0.5, 0.6) is 0 Å². The van der Waals surface area contributed by atoms with Crippen LogP contribution >= 0.6 is 11.3 Å². The second-order valence-corrected chi connectivity index (χ2v) is 7.58. The van der Waals surface area contributed by atoms with Crippen LogP contribution in [0.3, 0.4) is 0 Å². The lowest BCUT2D eigenvalue weighted by molar-refractivity contribution is 0.0511. The van der Waals surface area contributed by atoms with Crippen LogP contribution in [0.15, 0.2) is 6.07 Å². The molecule has 0 bridgehead atoms. The standard InChI is InChI=1S/C11H17NO4S2/c1-3-18(14,15)6-4-5-16-11(13)10-7-9(12)8(2)17-10/h7H,3-6,12H2,1-2H3. The van der Waals surface area contributed by atoms with E-state index in [1.165, 1.54) is 11.3 Å². The molecule has 102 valence electrons. The topological polar surface area (TPSA) is 86.5 Å². The maximum atomic E-state index is 11.6. The molecule has 0 amide bonds. The Kier molecular flexibility index (Phi) is 5.15. The molecule has 0 aromatic carbocycles. The van der Waals surface area contributed by atoms with Crippen molar-refractivity contribution in [3.8, 4) is 0 Å². The van der Waals surface area contributed by atoms with Crippen LogP contribution in [0.25, 0.3) is 0 Å². The van der Waals surface area contributed by atoms with E-state index in [2.05, 4.69) is 0 Å². The van der Waals surface area contributed by atoms with Gasteiger partial charge in [-0.15, -0.1) is 11.3 Å². The summed E-state index contributed by atoms with van der Waals surface area (Å²) < 4.78 is 27.4. The van der Waals surface area contributed by atoms with Gasteiger partial charge < -0.3 is 10.5 Å². The fourth-order valence-corrected chi connectivity index (χ4v) is 2.94. The lowest BCUT2D eigenvalue weighted by atomic mass is 10.4. The van der Waals surface area contributed by atoms with Crippen LogP contribution in [0.2, 0.25) is 0 Å². The van der Waals surface area contributed by atoms with E-state index in [4.69, 9.17) is 10.5 Å². The van der Waals surface area contributed by atoms with E-state index in [1.807, 2.05) is 6.92 Å². The monoisotopic (exact) mass is 291 g/mol. The maximum absolute atomic E-state index is 11.6. The van der Waals surface area contributed by atoms with Gasteiger partial charge in [0.15, 0.2) is 0 Å². The van der Waals surface area contributed by atoms with Crippen LogP contribution in [0.4, 0.5) is 5.69 Å². The van der Waals surface area contributed by atoms with E-state index in [1.54, 1.807) is 13.0 Å². The van der Waals surface area contributed by atoms with E-state index in [9.17, 15) is 13.2 Å². The molecular formula is C11H17NO4S2. The lowest BCUT2D eigenvalue weighted by Gasteiger charge is -2.03. The van der Waals surface area contributed by atoms with E-state index >= 15 is 0 Å². The number of aryl methyl sites for hydroxylation is 1. The van der Waals surface area contributed by atoms with Gasteiger partial charge in [0.1, 0.15) is 14.7 Å². The first kappa shape index (κ1) is 15.0. The van der Waals surface area contributed by atoms with Crippen molar-refractivity contribution in [2.75, 3.05) is 23.8 Å². The lowest BCUT2D eigenvalue weighted by Crippen LogP contribution is -2.12. The SMILES string of the molecule is CCS(=O)(=O)CCCOC(=O)c1cc(N)c(C)s1. The van der Waals surface area contributed by atoms with Crippen molar-refractivity contribution in [2.24, 2.45) is 0 Å². The van der Waals surface area contributed by atoms with E-state index in [-0.39, 0.29) is 18.1 Å². The third-order valence-corrected chi connectivity index (χ3v) is 5.27. The van der Waals surface area contributed by atoms with Crippen LogP contribution < -0.4 is 5.73 Å². The second kappa shape index (κ2) is 6.19. The molecular weight excluding hydrogens is 274 g/mol. The molecule has 1 rings (SSSR count). The molecule has 0 atom stereocenters. The van der Waals surface area contributed by atoms with Gasteiger partial charge in [0, 0.05) is 16.3 Å². The molecule has 2 N–H and O–H groups in total. The van der Waals surface area contributed by atoms with Gasteiger partial charge >= 0.3 is 5.97 Å². The minimum absolute atomic E-state index is 0.0440. The maximum Gasteiger partial charge on any atom is 0.348 e. The number of hydrogen-bond acceptors (Lipinski definition) is 6. The van der Waals surface area contributed by atoms with Crippen molar-refractivity contribution in [1.29, 1.82) is 0 Å². The highest BCUT2D eigenvalue weighted by atomic mass is 32.2. The fraction of sp³-hybridized carbons (Fsp3) is 0.545. The van der Waals surface area contributed by atoms with Crippen molar-refractivity contribution in [3.05, 3.63) is 15.8 Å². The van der Waals surface area contributed by atoms with Gasteiger partial charge in [0.2, 0.25) is 0 Å². The number of thiophene rings is 1. The molecule has 0 aliphatic rings. The Bertz CT molecular complexity index is 500. The molecule has 0 radical (unpaired) electrons. The Morgan fingerprint density at radius 1 is 1.50 bits per heavy atom. The summed E-state index contributed by atoms with van der Waals surface area (Å²) in [5.74, 6) is -0.294. The molecule has 0 aliphatic heterocycles. The molecule has 0 fully saturated rings. The summed E-state index contributed by atoms with van der Waals surface area (Å²) in [5.41, 5.74) is 6.20. The molecule has 0 saturated heterocycles. The third kappa shape index (κ3) is 4.30. The predicted molar refractivity (Wildman–Crippen MR) is 72.7 cm³/mol.